The van der Waals surface area contributed by atoms with Crippen molar-refractivity contribution in [1.29, 1.82) is 0 Å². The highest BCUT2D eigenvalue weighted by Gasteiger charge is 2.26. The van der Waals surface area contributed by atoms with E-state index < -0.39 is 0 Å². The zero-order valence-electron chi connectivity index (χ0n) is 16.3. The largest absolute Gasteiger partial charge is 0.360 e. The van der Waals surface area contributed by atoms with Gasteiger partial charge in [-0.3, -0.25) is 4.79 Å². The van der Waals surface area contributed by atoms with Crippen molar-refractivity contribution in [3.8, 4) is 0 Å². The van der Waals surface area contributed by atoms with E-state index in [0.717, 1.165) is 27.3 Å². The Morgan fingerprint density at radius 1 is 1.22 bits per heavy atom. The van der Waals surface area contributed by atoms with E-state index >= 15 is 0 Å². The molecule has 0 amide bonds. The molecule has 0 radical (unpaired) electrons. The zero-order valence-corrected chi connectivity index (χ0v) is 17.1. The third-order valence-corrected chi connectivity index (χ3v) is 6.87. The summed E-state index contributed by atoms with van der Waals surface area (Å²) in [6.07, 6.45) is 8.18. The molecule has 0 bridgehead atoms. The van der Waals surface area contributed by atoms with Crippen LogP contribution in [0.4, 0.5) is 0 Å². The minimum Gasteiger partial charge on any atom is -0.360 e. The lowest BCUT2D eigenvalue weighted by molar-refractivity contribution is 0.0995. The summed E-state index contributed by atoms with van der Waals surface area (Å²) < 4.78 is 2.40. The first-order valence-corrected chi connectivity index (χ1v) is 10.8. The van der Waals surface area contributed by atoms with Gasteiger partial charge in [0.05, 0.1) is 10.9 Å². The minimum absolute atomic E-state index is 0.158. The first-order chi connectivity index (χ1) is 13.1. The number of nitrogens with zero attached hydrogens (tertiary/aromatic N) is 2. The highest BCUT2D eigenvalue weighted by Crippen LogP contribution is 2.36. The van der Waals surface area contributed by atoms with Gasteiger partial charge in [0.25, 0.3) is 0 Å². The van der Waals surface area contributed by atoms with E-state index in [1.807, 2.05) is 37.4 Å². The molecule has 142 valence electrons. The normalized spacial score (nSPS) is 16.7. The number of imidazole rings is 1. The smallest absolute Gasteiger partial charge is 0.178 e. The molecule has 0 aliphatic heterocycles. The molecule has 1 saturated carbocycles. The van der Waals surface area contributed by atoms with Gasteiger partial charge >= 0.3 is 0 Å². The molecule has 1 N–H and O–H groups in total. The lowest BCUT2D eigenvalue weighted by Gasteiger charge is -2.26. The second-order valence-corrected chi connectivity index (χ2v) is 8.91. The van der Waals surface area contributed by atoms with Gasteiger partial charge in [0, 0.05) is 34.4 Å². The molecule has 27 heavy (non-hydrogen) atoms. The molecule has 1 fully saturated rings. The Bertz CT molecular complexity index is 965. The summed E-state index contributed by atoms with van der Waals surface area (Å²) in [4.78, 5) is 21.2. The molecule has 0 spiro atoms. The molecule has 1 aromatic carbocycles. The number of aryl methyl sites for hydroxylation is 1. The molecule has 1 aliphatic carbocycles. The molecule has 5 heteroatoms. The number of nitrogens with one attached hydrogen (secondary N) is 1. The van der Waals surface area contributed by atoms with Gasteiger partial charge < -0.3 is 9.55 Å². The van der Waals surface area contributed by atoms with Gasteiger partial charge in [-0.25, -0.2) is 4.98 Å². The number of hydrogen-bond acceptors (Lipinski definition) is 3. The average Bonchev–Trinajstić information content (AvgIpc) is 3.23. The SMILES string of the molecule is Cc1nc(SC(C)C(=O)c2c[nH]c3ccccc23)n(C2CCCCC2)c1C. The van der Waals surface area contributed by atoms with Crippen LogP contribution in [0.15, 0.2) is 35.6 Å². The number of fused-ring (bicyclic) bond motifs is 1. The zero-order chi connectivity index (χ0) is 19.0. The maximum Gasteiger partial charge on any atom is 0.178 e. The van der Waals surface area contributed by atoms with Crippen molar-refractivity contribution >= 4 is 28.4 Å². The van der Waals surface area contributed by atoms with Crippen LogP contribution >= 0.6 is 11.8 Å². The Hall–Kier alpha value is -2.01. The number of Topliss-reactive ketones (excluding diaryl/α,β-unsaturated/α-hetero) is 1. The van der Waals surface area contributed by atoms with E-state index in [2.05, 4.69) is 23.4 Å². The fourth-order valence-corrected chi connectivity index (χ4v) is 5.29. The highest BCUT2D eigenvalue weighted by molar-refractivity contribution is 8.00. The maximum atomic E-state index is 13.1. The first kappa shape index (κ1) is 18.4. The predicted octanol–water partition coefficient (Wildman–Crippen LogP) is 5.85. The van der Waals surface area contributed by atoms with Crippen LogP contribution in [0.5, 0.6) is 0 Å². The molecule has 3 aromatic rings. The summed E-state index contributed by atoms with van der Waals surface area (Å²) in [6.45, 7) is 6.23. The second kappa shape index (κ2) is 7.55. The van der Waals surface area contributed by atoms with Gasteiger partial charge in [-0.2, -0.15) is 0 Å². The Kier molecular flexibility index (Phi) is 5.13. The van der Waals surface area contributed by atoms with E-state index in [1.165, 1.54) is 37.8 Å². The van der Waals surface area contributed by atoms with Crippen LogP contribution < -0.4 is 0 Å². The average molecular weight is 382 g/mol. The molecule has 1 atom stereocenters. The lowest BCUT2D eigenvalue weighted by Crippen LogP contribution is -2.18. The van der Waals surface area contributed by atoms with Crippen LogP contribution in [0.1, 0.15) is 66.8 Å². The Labute approximate surface area is 164 Å². The Balaban J connectivity index is 1.60. The fourth-order valence-electron chi connectivity index (χ4n) is 4.15. The maximum absolute atomic E-state index is 13.1. The summed E-state index contributed by atoms with van der Waals surface area (Å²) in [5.41, 5.74) is 4.11. The van der Waals surface area contributed by atoms with E-state index in [1.54, 1.807) is 11.8 Å². The molecule has 1 unspecified atom stereocenters. The summed E-state index contributed by atoms with van der Waals surface area (Å²) in [5, 5.41) is 1.82. The summed E-state index contributed by atoms with van der Waals surface area (Å²) in [7, 11) is 0. The number of carbonyl (C=O) groups is 1. The predicted molar refractivity (Wildman–Crippen MR) is 112 cm³/mol. The van der Waals surface area contributed by atoms with Gasteiger partial charge in [0.1, 0.15) is 0 Å². The van der Waals surface area contributed by atoms with Crippen LogP contribution in [0.25, 0.3) is 10.9 Å². The Morgan fingerprint density at radius 2 is 1.96 bits per heavy atom. The number of hydrogen-bond donors (Lipinski definition) is 1. The van der Waals surface area contributed by atoms with Gasteiger partial charge in [-0.05, 0) is 39.7 Å². The van der Waals surface area contributed by atoms with Gasteiger partial charge in [-0.1, -0.05) is 49.2 Å². The number of thioether (sulfide) groups is 1. The number of carbonyl (C=O) groups excluding carboxylic acids is 1. The third-order valence-electron chi connectivity index (χ3n) is 5.80. The van der Waals surface area contributed by atoms with Crippen molar-refractivity contribution in [2.75, 3.05) is 0 Å². The highest BCUT2D eigenvalue weighted by atomic mass is 32.2. The number of aromatic amines is 1. The molecule has 4 rings (SSSR count). The van der Waals surface area contributed by atoms with Crippen molar-refractivity contribution in [2.24, 2.45) is 0 Å². The standard InChI is InChI=1S/C22H27N3OS/c1-14-15(2)25(17-9-5-4-6-10-17)22(24-14)27-16(3)21(26)19-13-23-20-12-8-7-11-18(19)20/h7-8,11-13,16-17,23H,4-6,9-10H2,1-3H3. The monoisotopic (exact) mass is 381 g/mol. The van der Waals surface area contributed by atoms with Crippen LogP contribution in [0.3, 0.4) is 0 Å². The van der Waals surface area contributed by atoms with Crippen LogP contribution in [-0.4, -0.2) is 25.6 Å². The number of benzene rings is 1. The van der Waals surface area contributed by atoms with E-state index in [0.29, 0.717) is 6.04 Å². The summed E-state index contributed by atoms with van der Waals surface area (Å²) in [5.74, 6) is 0.158. The Morgan fingerprint density at radius 3 is 2.74 bits per heavy atom. The molecular formula is C22H27N3OS. The van der Waals surface area contributed by atoms with Crippen molar-refractivity contribution in [3.05, 3.63) is 47.4 Å². The van der Waals surface area contributed by atoms with Crippen molar-refractivity contribution in [2.45, 2.75) is 69.3 Å². The van der Waals surface area contributed by atoms with Crippen molar-refractivity contribution < 1.29 is 4.79 Å². The molecule has 4 nitrogen and oxygen atoms in total. The number of ketones is 1. The van der Waals surface area contributed by atoms with Crippen molar-refractivity contribution in [3.63, 3.8) is 0 Å². The van der Waals surface area contributed by atoms with Gasteiger partial charge in [0.2, 0.25) is 0 Å². The molecule has 2 heterocycles. The first-order valence-electron chi connectivity index (χ1n) is 9.88. The topological polar surface area (TPSA) is 50.7 Å². The number of H-pyrrole nitrogens is 1. The van der Waals surface area contributed by atoms with Crippen LogP contribution in [0, 0.1) is 13.8 Å². The minimum atomic E-state index is -0.173. The second-order valence-electron chi connectivity index (χ2n) is 7.60. The van der Waals surface area contributed by atoms with Crippen molar-refractivity contribution in [1.82, 2.24) is 14.5 Å². The third kappa shape index (κ3) is 3.45. The van der Waals surface area contributed by atoms with E-state index in [-0.39, 0.29) is 11.0 Å². The number of rotatable bonds is 5. The number of para-hydroxylation sites is 1. The van der Waals surface area contributed by atoms with Gasteiger partial charge in [-0.15, -0.1) is 0 Å². The molecular weight excluding hydrogens is 354 g/mol. The summed E-state index contributed by atoms with van der Waals surface area (Å²) >= 11 is 1.60. The van der Waals surface area contributed by atoms with Crippen LogP contribution in [-0.2, 0) is 0 Å². The van der Waals surface area contributed by atoms with Gasteiger partial charge in [0.15, 0.2) is 10.9 Å². The van der Waals surface area contributed by atoms with Crippen LogP contribution in [0.2, 0.25) is 0 Å². The number of aromatic nitrogens is 3. The molecule has 0 saturated heterocycles. The lowest BCUT2D eigenvalue weighted by atomic mass is 9.95. The molecule has 1 aliphatic rings. The van der Waals surface area contributed by atoms with E-state index in [9.17, 15) is 4.79 Å². The van der Waals surface area contributed by atoms with E-state index in [4.69, 9.17) is 4.98 Å². The fraction of sp³-hybridized carbons (Fsp3) is 0.455. The molecule has 2 aromatic heterocycles. The summed E-state index contributed by atoms with van der Waals surface area (Å²) in [6, 6.07) is 8.50. The quantitative estimate of drug-likeness (QED) is 0.445.